The molecule has 1 aromatic rings. The van der Waals surface area contributed by atoms with Gasteiger partial charge in [0.25, 0.3) is 5.91 Å². The van der Waals surface area contributed by atoms with Gasteiger partial charge in [-0.15, -0.1) is 0 Å². The van der Waals surface area contributed by atoms with Crippen LogP contribution in [0.4, 0.5) is 0 Å². The van der Waals surface area contributed by atoms with Gasteiger partial charge in [0.1, 0.15) is 0 Å². The summed E-state index contributed by atoms with van der Waals surface area (Å²) in [5.41, 5.74) is 6.32. The minimum absolute atomic E-state index is 0.0205. The van der Waals surface area contributed by atoms with Crippen molar-refractivity contribution in [2.75, 3.05) is 26.2 Å². The summed E-state index contributed by atoms with van der Waals surface area (Å²) in [6.07, 6.45) is 5.77. The van der Waals surface area contributed by atoms with Crippen molar-refractivity contribution in [3.05, 3.63) is 29.8 Å². The molecule has 0 radical (unpaired) electrons. The maximum Gasteiger partial charge on any atom is 0.254 e. The Bertz CT molecular complexity index is 757. The summed E-state index contributed by atoms with van der Waals surface area (Å²) in [5.74, 6) is 0.433. The summed E-state index contributed by atoms with van der Waals surface area (Å²) in [7, 11) is -3.56. The zero-order chi connectivity index (χ0) is 19.4. The molecular weight excluding hydrogens is 362 g/mol. The fourth-order valence-electron chi connectivity index (χ4n) is 4.13. The molecule has 2 unspecified atom stereocenters. The summed E-state index contributed by atoms with van der Waals surface area (Å²) in [6, 6.07) is 6.52. The zero-order valence-electron chi connectivity index (χ0n) is 16.1. The lowest BCUT2D eigenvalue weighted by molar-refractivity contribution is 0.0573. The summed E-state index contributed by atoms with van der Waals surface area (Å²) in [5, 5.41) is 0. The number of sulfonamides is 1. The third-order valence-electron chi connectivity index (χ3n) is 5.79. The molecule has 6 nitrogen and oxygen atoms in total. The molecule has 0 bridgehead atoms. The van der Waals surface area contributed by atoms with Crippen molar-refractivity contribution in [3.63, 3.8) is 0 Å². The van der Waals surface area contributed by atoms with Crippen LogP contribution in [0.3, 0.4) is 0 Å². The van der Waals surface area contributed by atoms with Crippen molar-refractivity contribution in [2.45, 2.75) is 56.4 Å². The Morgan fingerprint density at radius 3 is 2.52 bits per heavy atom. The fraction of sp³-hybridized carbons (Fsp3) is 0.650. The maximum atomic E-state index is 13.0. The van der Waals surface area contributed by atoms with Crippen LogP contribution in [-0.2, 0) is 10.0 Å². The first-order chi connectivity index (χ1) is 12.9. The van der Waals surface area contributed by atoms with E-state index >= 15 is 0 Å². The van der Waals surface area contributed by atoms with Crippen LogP contribution in [0.1, 0.15) is 55.8 Å². The highest BCUT2D eigenvalue weighted by Crippen LogP contribution is 2.25. The average Bonchev–Trinajstić information content (AvgIpc) is 2.97. The largest absolute Gasteiger partial charge is 0.334 e. The molecule has 1 aromatic carbocycles. The Hall–Kier alpha value is -1.44. The molecule has 27 heavy (non-hydrogen) atoms. The third-order valence-corrected chi connectivity index (χ3v) is 7.69. The van der Waals surface area contributed by atoms with E-state index in [0.29, 0.717) is 37.7 Å². The Labute approximate surface area is 162 Å². The number of amides is 1. The van der Waals surface area contributed by atoms with E-state index in [1.54, 1.807) is 22.5 Å². The predicted molar refractivity (Wildman–Crippen MR) is 106 cm³/mol. The van der Waals surface area contributed by atoms with Crippen LogP contribution in [0.15, 0.2) is 29.2 Å². The van der Waals surface area contributed by atoms with Gasteiger partial charge in [-0.1, -0.05) is 25.8 Å². The molecule has 7 heteroatoms. The first-order valence-electron chi connectivity index (χ1n) is 10.0. The summed E-state index contributed by atoms with van der Waals surface area (Å²) < 4.78 is 27.6. The molecule has 0 spiro atoms. The standard InChI is InChI=1S/C20H31N3O3S/c1-16-9-12-23(18(13-16)15-21)20(24)17-7-6-8-19(14-17)27(25,26)22-10-4-2-3-5-11-22/h6-8,14,16,18H,2-5,9-13,15,21H2,1H3. The average molecular weight is 394 g/mol. The maximum absolute atomic E-state index is 13.0. The molecule has 3 rings (SSSR count). The van der Waals surface area contributed by atoms with Crippen LogP contribution < -0.4 is 5.73 Å². The van der Waals surface area contributed by atoms with E-state index in [0.717, 1.165) is 38.5 Å². The van der Waals surface area contributed by atoms with Crippen LogP contribution in [0.2, 0.25) is 0 Å². The number of rotatable bonds is 4. The Morgan fingerprint density at radius 2 is 1.85 bits per heavy atom. The second-order valence-electron chi connectivity index (χ2n) is 7.86. The fourth-order valence-corrected chi connectivity index (χ4v) is 5.69. The van der Waals surface area contributed by atoms with Crippen LogP contribution in [0.25, 0.3) is 0 Å². The molecule has 2 aliphatic rings. The van der Waals surface area contributed by atoms with Gasteiger partial charge < -0.3 is 10.6 Å². The van der Waals surface area contributed by atoms with Gasteiger partial charge in [-0.2, -0.15) is 4.31 Å². The lowest BCUT2D eigenvalue weighted by Gasteiger charge is -2.38. The number of hydrogen-bond donors (Lipinski definition) is 1. The van der Waals surface area contributed by atoms with E-state index < -0.39 is 10.0 Å². The summed E-state index contributed by atoms with van der Waals surface area (Å²) in [4.78, 5) is 15.1. The molecule has 0 saturated carbocycles. The smallest absolute Gasteiger partial charge is 0.254 e. The number of hydrogen-bond acceptors (Lipinski definition) is 4. The third kappa shape index (κ3) is 4.52. The lowest BCUT2D eigenvalue weighted by Crippen LogP contribution is -2.49. The van der Waals surface area contributed by atoms with Crippen LogP contribution >= 0.6 is 0 Å². The Balaban J connectivity index is 1.83. The number of nitrogens with zero attached hydrogens (tertiary/aromatic N) is 2. The molecule has 2 heterocycles. The van der Waals surface area contributed by atoms with E-state index in [2.05, 4.69) is 6.92 Å². The molecule has 2 N–H and O–H groups in total. The van der Waals surface area contributed by atoms with Crippen LogP contribution in [0, 0.1) is 5.92 Å². The van der Waals surface area contributed by atoms with Crippen molar-refractivity contribution >= 4 is 15.9 Å². The van der Waals surface area contributed by atoms with Crippen molar-refractivity contribution in [1.29, 1.82) is 0 Å². The molecule has 0 aromatic heterocycles. The van der Waals surface area contributed by atoms with Gasteiger partial charge in [-0.25, -0.2) is 8.42 Å². The highest BCUT2D eigenvalue weighted by molar-refractivity contribution is 7.89. The number of benzene rings is 1. The lowest BCUT2D eigenvalue weighted by atomic mass is 9.92. The van der Waals surface area contributed by atoms with Gasteiger partial charge in [0.2, 0.25) is 10.0 Å². The molecular formula is C20H31N3O3S. The molecule has 0 aliphatic carbocycles. The molecule has 2 aliphatic heterocycles. The van der Waals surface area contributed by atoms with Crippen molar-refractivity contribution in [2.24, 2.45) is 11.7 Å². The van der Waals surface area contributed by atoms with Gasteiger partial charge in [0, 0.05) is 37.8 Å². The molecule has 1 amide bonds. The SMILES string of the molecule is CC1CCN(C(=O)c2cccc(S(=O)(=O)N3CCCCCC3)c2)C(CN)C1. The number of nitrogens with two attached hydrogens (primary N) is 1. The second-order valence-corrected chi connectivity index (χ2v) is 9.80. The van der Waals surface area contributed by atoms with E-state index in [4.69, 9.17) is 5.73 Å². The van der Waals surface area contributed by atoms with Crippen molar-refractivity contribution in [1.82, 2.24) is 9.21 Å². The minimum atomic E-state index is -3.56. The van der Waals surface area contributed by atoms with Gasteiger partial charge in [0.15, 0.2) is 0 Å². The number of carbonyl (C=O) groups is 1. The quantitative estimate of drug-likeness (QED) is 0.852. The summed E-state index contributed by atoms with van der Waals surface area (Å²) >= 11 is 0. The predicted octanol–water partition coefficient (Wildman–Crippen LogP) is 2.45. The Morgan fingerprint density at radius 1 is 1.15 bits per heavy atom. The van der Waals surface area contributed by atoms with E-state index in [1.807, 2.05) is 4.90 Å². The highest BCUT2D eigenvalue weighted by Gasteiger charge is 2.31. The zero-order valence-corrected chi connectivity index (χ0v) is 17.0. The van der Waals surface area contributed by atoms with Gasteiger partial charge in [-0.05, 0) is 49.8 Å². The van der Waals surface area contributed by atoms with Crippen molar-refractivity contribution in [3.8, 4) is 0 Å². The molecule has 2 saturated heterocycles. The van der Waals surface area contributed by atoms with E-state index in [1.165, 1.54) is 6.07 Å². The highest BCUT2D eigenvalue weighted by atomic mass is 32.2. The first kappa shape index (κ1) is 20.3. The summed E-state index contributed by atoms with van der Waals surface area (Å²) in [6.45, 7) is 4.39. The topological polar surface area (TPSA) is 83.7 Å². The van der Waals surface area contributed by atoms with Gasteiger partial charge >= 0.3 is 0 Å². The van der Waals surface area contributed by atoms with Crippen LogP contribution in [0.5, 0.6) is 0 Å². The monoisotopic (exact) mass is 393 g/mol. The first-order valence-corrected chi connectivity index (χ1v) is 11.5. The van der Waals surface area contributed by atoms with Crippen LogP contribution in [-0.4, -0.2) is 55.8 Å². The van der Waals surface area contributed by atoms with Gasteiger partial charge in [0.05, 0.1) is 4.90 Å². The molecule has 150 valence electrons. The molecule has 2 fully saturated rings. The minimum Gasteiger partial charge on any atom is -0.334 e. The van der Waals surface area contributed by atoms with Crippen molar-refractivity contribution < 1.29 is 13.2 Å². The van der Waals surface area contributed by atoms with E-state index in [-0.39, 0.29) is 16.8 Å². The van der Waals surface area contributed by atoms with E-state index in [9.17, 15) is 13.2 Å². The number of likely N-dealkylation sites (tertiary alicyclic amines) is 1. The molecule has 2 atom stereocenters. The number of carbonyl (C=O) groups excluding carboxylic acids is 1. The van der Waals surface area contributed by atoms with Gasteiger partial charge in [-0.3, -0.25) is 4.79 Å². The Kier molecular flexibility index (Phi) is 6.55. The normalized spacial score (nSPS) is 25.2. The second kappa shape index (κ2) is 8.71. The number of piperidine rings is 1.